The average molecular weight is 1970 g/mol. The van der Waals surface area contributed by atoms with Gasteiger partial charge in [-0.05, 0) is 363 Å². The monoisotopic (exact) mass is 1970 g/mol. The Morgan fingerprint density at radius 2 is 0.556 bits per heavy atom. The molecule has 7 saturated carbocycles. The van der Waals surface area contributed by atoms with Crippen LogP contribution in [-0.4, -0.2) is 146 Å². The van der Waals surface area contributed by atoms with Gasteiger partial charge in [-0.3, -0.25) is 16.0 Å². The molecule has 6 aromatic rings. The fourth-order valence-electron chi connectivity index (χ4n) is 18.3. The van der Waals surface area contributed by atoms with Gasteiger partial charge in [-0.1, -0.05) is 181 Å². The van der Waals surface area contributed by atoms with Crippen LogP contribution in [0.4, 0.5) is 82.1 Å². The van der Waals surface area contributed by atoms with E-state index in [1.165, 1.54) is 51.4 Å². The quantitative estimate of drug-likeness (QED) is 0.0616. The predicted molar refractivity (Wildman–Crippen MR) is 559 cm³/mol. The number of likely N-dealkylation sites (tertiary alicyclic amines) is 1. The molecule has 6 aromatic carbocycles. The molecule has 14 rings (SSSR count). The number of hydrogen-bond acceptors (Lipinski definition) is 21. The number of amides is 10. The van der Waals surface area contributed by atoms with Crippen LogP contribution in [0.1, 0.15) is 327 Å². The number of aliphatic hydroxyl groups is 1. The summed E-state index contributed by atoms with van der Waals surface area (Å²) >= 11 is 0. The second-order valence-electron chi connectivity index (χ2n) is 45.0. The van der Waals surface area contributed by atoms with Crippen molar-refractivity contribution in [3.8, 4) is 0 Å². The molecular weight excluding hydrogens is 1800 g/mol. The third-order valence-corrected chi connectivity index (χ3v) is 26.0. The number of ether oxygens (including phenoxy) is 10. The Morgan fingerprint density at radius 1 is 0.310 bits per heavy atom. The van der Waals surface area contributed by atoms with E-state index in [4.69, 9.17) is 47.4 Å². The molecule has 0 atom stereocenters. The molecule has 7 aliphatic carbocycles. The minimum atomic E-state index is -0.761. The summed E-state index contributed by atoms with van der Waals surface area (Å²) in [5, 5.41) is 17.5. The molecule has 1 heterocycles. The second-order valence-corrected chi connectivity index (χ2v) is 45.0. The third kappa shape index (κ3) is 41.9. The lowest BCUT2D eigenvalue weighted by Gasteiger charge is -2.55. The van der Waals surface area contributed by atoms with Crippen molar-refractivity contribution in [2.45, 2.75) is 389 Å². The number of carbonyl (C=O) groups excluding carboxylic acids is 10. The molecule has 8 aliphatic rings. The maximum atomic E-state index is 13.3. The van der Waals surface area contributed by atoms with Crippen molar-refractivity contribution in [1.82, 2.24) is 4.90 Å². The van der Waals surface area contributed by atoms with E-state index in [-0.39, 0.29) is 35.6 Å². The van der Waals surface area contributed by atoms with Crippen LogP contribution in [0, 0.1) is 35.5 Å². The number of carbonyl (C=O) groups is 10. The van der Waals surface area contributed by atoms with Gasteiger partial charge in [0.15, 0.2) is 0 Å². The highest BCUT2D eigenvalue weighted by Crippen LogP contribution is 2.57. The van der Waals surface area contributed by atoms with E-state index >= 15 is 0 Å². The van der Waals surface area contributed by atoms with Crippen molar-refractivity contribution in [1.29, 1.82) is 0 Å². The highest BCUT2D eigenvalue weighted by atomic mass is 16.6. The van der Waals surface area contributed by atoms with E-state index in [0.717, 1.165) is 133 Å². The minimum Gasteiger partial charge on any atom is -0.444 e. The molecule has 784 valence electrons. The molecule has 8 fully saturated rings. The van der Waals surface area contributed by atoms with Crippen molar-refractivity contribution in [2.24, 2.45) is 35.5 Å². The standard InChI is InChI=1S/C26H39NO4.C18H27NO4.C17H21NO2.C16H23NO4.C16H23NO2.C11H15NO2.C10H19NO3/c1-25(2,20-14-8-5-9-15-20)30-23(28)27(22-18-12-7-13-19-22)24(29)31-26(3,4)21-16-10-6-11-17-21;1-7-17(3,4)22-15(20)19(14-12-10-9-11-13-14)16(21)23-18(5,6)8-2;19-16(18-15-4-2-1-3-5-15)20-17-9-12-6-13(10-17)8-14(7-12)11-17;1-15(2,3)20-13(18)17(12-10-8-7-9-11-12)14(19)21-16(4,5)6;1-16(2,13-9-5-3-6-10-13)19-15(18)17-14-11-7-4-8-12-14;1-11(2,3)14-10(13)12-9-7-5-4-6-8-9;1-10(2,3)14-9(13)11-6-4-8(12)5-7-11/h7,12-13,18-21H,5-6,8-11,14-17H2,1-4H3;9-13H,7-8H2,1-6H3;1-5,12-14H,6-11H2,(H,18,19);7-11H,1-6H3;4,7-8,11-13H,3,5-6,9-10H2,1-2H3,(H,17,18);4-8H,1-3H3,(H,12,13);8,12H,4-7H2,1-3H3. The van der Waals surface area contributed by atoms with Crippen molar-refractivity contribution in [3.05, 3.63) is 182 Å². The van der Waals surface area contributed by atoms with Gasteiger partial charge >= 0.3 is 60.9 Å². The summed E-state index contributed by atoms with van der Waals surface area (Å²) in [6.07, 6.45) is 21.4. The third-order valence-electron chi connectivity index (χ3n) is 26.0. The maximum absolute atomic E-state index is 13.3. The smallest absolute Gasteiger partial charge is 0.424 e. The van der Waals surface area contributed by atoms with E-state index in [9.17, 15) is 53.1 Å². The Morgan fingerprint density at radius 3 is 0.831 bits per heavy atom. The number of piperidine rings is 1. The number of nitrogens with one attached hydrogen (secondary N) is 3. The SMILES string of the molecule is CC(C)(C)OC(=O)N(C(=O)OC(C)(C)C)c1ccccc1.CC(C)(C)OC(=O)N1CCC(O)CC1.CC(C)(C)OC(=O)Nc1ccccc1.CC(C)(OC(=O)N(C(=O)OC(C)(C)C1CCCCC1)c1ccccc1)C1CCCCC1.CC(C)(OC(=O)Nc1ccccc1)C1CCCCC1.CCC(C)(C)OC(=O)N(C(=O)OC(C)(C)CC)c1ccccc1.O=C(Nc1ccccc1)OC12CC3CC(CC(C3)C1)C2. The highest BCUT2D eigenvalue weighted by Gasteiger charge is 2.54. The zero-order valence-electron chi connectivity index (χ0n) is 89.4. The van der Waals surface area contributed by atoms with Crippen LogP contribution in [0.15, 0.2) is 182 Å². The van der Waals surface area contributed by atoms with Crippen molar-refractivity contribution in [3.63, 3.8) is 0 Å². The maximum Gasteiger partial charge on any atom is 0.424 e. The molecule has 28 heteroatoms. The summed E-state index contributed by atoms with van der Waals surface area (Å²) in [4.78, 5) is 128. The molecule has 0 spiro atoms. The van der Waals surface area contributed by atoms with Gasteiger partial charge in [0.05, 0.1) is 23.2 Å². The van der Waals surface area contributed by atoms with E-state index in [0.29, 0.717) is 73.6 Å². The molecule has 0 unspecified atom stereocenters. The van der Waals surface area contributed by atoms with E-state index in [1.807, 2.05) is 200 Å². The molecule has 142 heavy (non-hydrogen) atoms. The zero-order valence-corrected chi connectivity index (χ0v) is 89.4. The lowest BCUT2D eigenvalue weighted by Crippen LogP contribution is -2.53. The van der Waals surface area contributed by atoms with Gasteiger partial charge in [0.2, 0.25) is 0 Å². The van der Waals surface area contributed by atoms with E-state index in [2.05, 4.69) is 16.0 Å². The number of anilines is 6. The normalized spacial score (nSPS) is 18.3. The predicted octanol–water partition coefficient (Wildman–Crippen LogP) is 30.2. The first kappa shape index (κ1) is 118. The van der Waals surface area contributed by atoms with Crippen LogP contribution >= 0.6 is 0 Å². The summed E-state index contributed by atoms with van der Waals surface area (Å²) < 4.78 is 55.2. The highest BCUT2D eigenvalue weighted by molar-refractivity contribution is 6.11. The van der Waals surface area contributed by atoms with Gasteiger partial charge in [0.25, 0.3) is 0 Å². The first-order valence-electron chi connectivity index (χ1n) is 51.2. The lowest BCUT2D eigenvalue weighted by molar-refractivity contribution is -0.124. The Hall–Kier alpha value is -11.4. The molecule has 1 aliphatic heterocycles. The number of hydrogen-bond donors (Lipinski definition) is 4. The topological polar surface area (TPSA) is 332 Å². The molecule has 4 bridgehead atoms. The summed E-state index contributed by atoms with van der Waals surface area (Å²) in [6, 6.07) is 54.3. The fraction of sp³-hybridized carbons (Fsp3) is 0.596. The van der Waals surface area contributed by atoms with Gasteiger partial charge in [0.1, 0.15) is 56.0 Å². The molecule has 10 amide bonds. The zero-order chi connectivity index (χ0) is 105. The number of aliphatic hydroxyl groups excluding tert-OH is 1. The van der Waals surface area contributed by atoms with Crippen LogP contribution in [0.3, 0.4) is 0 Å². The summed E-state index contributed by atoms with van der Waals surface area (Å²) in [5.41, 5.74) is -1.84. The lowest BCUT2D eigenvalue weighted by atomic mass is 9.54. The van der Waals surface area contributed by atoms with Crippen molar-refractivity contribution in [2.75, 3.05) is 43.7 Å². The molecule has 4 N–H and O–H groups in total. The fourth-order valence-corrected chi connectivity index (χ4v) is 18.3. The van der Waals surface area contributed by atoms with Gasteiger partial charge in [-0.15, -0.1) is 0 Å². The number of nitrogens with zero attached hydrogens (tertiary/aromatic N) is 4. The molecular formula is C114H167N7O21. The van der Waals surface area contributed by atoms with E-state index in [1.54, 1.807) is 153 Å². The largest absolute Gasteiger partial charge is 0.444 e. The van der Waals surface area contributed by atoms with Crippen molar-refractivity contribution >= 4 is 95.1 Å². The molecule has 0 radical (unpaired) electrons. The van der Waals surface area contributed by atoms with Crippen LogP contribution in [0.25, 0.3) is 0 Å². The number of rotatable bonds is 17. The van der Waals surface area contributed by atoms with Gasteiger partial charge in [0, 0.05) is 30.2 Å². The number of para-hydroxylation sites is 6. The Labute approximate surface area is 845 Å². The second kappa shape index (κ2) is 53.8. The molecule has 28 nitrogen and oxygen atoms in total. The van der Waals surface area contributed by atoms with Crippen molar-refractivity contribution < 1.29 is 100 Å². The Balaban J connectivity index is 0.000000228. The summed E-state index contributed by atoms with van der Waals surface area (Å²) in [6.45, 7) is 45.6. The van der Waals surface area contributed by atoms with Crippen LogP contribution in [-0.2, 0) is 47.4 Å². The average Bonchev–Trinajstić information content (AvgIpc) is 0.746. The van der Waals surface area contributed by atoms with Gasteiger partial charge in [-0.25, -0.2) is 47.9 Å². The van der Waals surface area contributed by atoms with Crippen LogP contribution in [0.2, 0.25) is 0 Å². The van der Waals surface area contributed by atoms with Crippen LogP contribution < -0.4 is 30.7 Å². The van der Waals surface area contributed by atoms with Crippen LogP contribution in [0.5, 0.6) is 0 Å². The molecule has 0 aromatic heterocycles. The van der Waals surface area contributed by atoms with Gasteiger partial charge in [-0.2, -0.15) is 14.7 Å². The molecule has 1 saturated heterocycles. The van der Waals surface area contributed by atoms with E-state index < -0.39 is 87.5 Å². The number of benzene rings is 6. The Kier molecular flexibility index (Phi) is 44.5. The first-order valence-corrected chi connectivity index (χ1v) is 51.2. The van der Waals surface area contributed by atoms with Gasteiger partial charge < -0.3 is 57.4 Å². The number of imide groups is 3. The first-order chi connectivity index (χ1) is 66.5. The minimum absolute atomic E-state index is 0.159. The Bertz CT molecular complexity index is 4730. The summed E-state index contributed by atoms with van der Waals surface area (Å²) in [5.74, 6) is 3.47. The summed E-state index contributed by atoms with van der Waals surface area (Å²) in [7, 11) is 0.